The summed E-state index contributed by atoms with van der Waals surface area (Å²) in [7, 11) is 6.51. The monoisotopic (exact) mass is 413 g/mol. The average molecular weight is 414 g/mol. The van der Waals surface area contributed by atoms with Gasteiger partial charge in [0.25, 0.3) is 0 Å². The van der Waals surface area contributed by atoms with Crippen LogP contribution >= 0.6 is 9.24 Å². The van der Waals surface area contributed by atoms with Crippen molar-refractivity contribution in [1.82, 2.24) is 4.98 Å². The summed E-state index contributed by atoms with van der Waals surface area (Å²) in [4.78, 5) is 6.51. The highest BCUT2D eigenvalue weighted by Crippen LogP contribution is 2.53. The van der Waals surface area contributed by atoms with Crippen LogP contribution in [-0.4, -0.2) is 19.1 Å². The molecule has 1 aromatic heterocycles. The predicted molar refractivity (Wildman–Crippen MR) is 124 cm³/mol. The van der Waals surface area contributed by atoms with E-state index in [9.17, 15) is 5.26 Å². The first-order chi connectivity index (χ1) is 13.7. The number of nitriles is 1. The Kier molecular flexibility index (Phi) is 7.78. The summed E-state index contributed by atoms with van der Waals surface area (Å²) >= 11 is 0. The first-order valence-corrected chi connectivity index (χ1v) is 10.9. The molecule has 1 heterocycles. The van der Waals surface area contributed by atoms with Crippen LogP contribution < -0.4 is 4.90 Å². The number of hydrogen-bond donors (Lipinski definition) is 0. The molecule has 0 fully saturated rings. The smallest absolute Gasteiger partial charge is 0.146 e. The molecule has 0 amide bonds. The molecule has 0 bridgehead atoms. The van der Waals surface area contributed by atoms with E-state index in [0.29, 0.717) is 23.6 Å². The van der Waals surface area contributed by atoms with Gasteiger partial charge in [0.15, 0.2) is 0 Å². The first-order valence-electron chi connectivity index (χ1n) is 10.3. The third-order valence-corrected chi connectivity index (χ3v) is 6.86. The van der Waals surface area contributed by atoms with E-state index in [1.165, 1.54) is 0 Å². The van der Waals surface area contributed by atoms with Crippen LogP contribution in [0.15, 0.2) is 47.2 Å². The van der Waals surface area contributed by atoms with Gasteiger partial charge >= 0.3 is 0 Å². The SMILES string of the molecule is CCC=CC(C)(C(C)CC)C1CC(P)=C(C#N)C(F)=C1c1cc(N(C)C)ccn1. The molecule has 4 atom stereocenters. The summed E-state index contributed by atoms with van der Waals surface area (Å²) in [5, 5.41) is 10.3. The fourth-order valence-electron chi connectivity index (χ4n) is 4.08. The Morgan fingerprint density at radius 2 is 2.14 bits per heavy atom. The van der Waals surface area contributed by atoms with Crippen LogP contribution in [0.4, 0.5) is 10.1 Å². The van der Waals surface area contributed by atoms with Gasteiger partial charge in [0.2, 0.25) is 0 Å². The van der Waals surface area contributed by atoms with Crippen molar-refractivity contribution >= 4 is 20.5 Å². The molecule has 1 aliphatic rings. The minimum absolute atomic E-state index is 0.102. The lowest BCUT2D eigenvalue weighted by Gasteiger charge is -2.43. The van der Waals surface area contributed by atoms with Gasteiger partial charge in [-0.05, 0) is 41.6 Å². The van der Waals surface area contributed by atoms with Gasteiger partial charge in [-0.2, -0.15) is 5.26 Å². The number of halogens is 1. The molecule has 0 spiro atoms. The lowest BCUT2D eigenvalue weighted by atomic mass is 9.61. The number of rotatable bonds is 7. The van der Waals surface area contributed by atoms with Gasteiger partial charge in [0.1, 0.15) is 11.9 Å². The van der Waals surface area contributed by atoms with Gasteiger partial charge in [-0.3, -0.25) is 4.98 Å². The highest BCUT2D eigenvalue weighted by molar-refractivity contribution is 7.22. The van der Waals surface area contributed by atoms with Crippen LogP contribution in [-0.2, 0) is 0 Å². The second-order valence-corrected chi connectivity index (χ2v) is 8.97. The Balaban J connectivity index is 2.77. The van der Waals surface area contributed by atoms with Gasteiger partial charge < -0.3 is 4.90 Å². The molecule has 4 unspecified atom stereocenters. The standard InChI is InChI=1S/C24H33FN3P/c1-7-9-11-24(4,16(3)8-2)19-14-21(29)18(15-26)23(25)22(19)20-13-17(28(5)6)10-12-27-20/h9-13,16,19H,7-8,14,29H2,1-6H3. The lowest BCUT2D eigenvalue weighted by Crippen LogP contribution is -2.35. The number of allylic oxidation sites excluding steroid dienone is 6. The van der Waals surface area contributed by atoms with E-state index >= 15 is 4.39 Å². The Bertz CT molecular complexity index is 878. The van der Waals surface area contributed by atoms with Crippen molar-refractivity contribution in [3.8, 4) is 6.07 Å². The van der Waals surface area contributed by atoms with Gasteiger partial charge in [-0.25, -0.2) is 4.39 Å². The molecule has 0 aliphatic heterocycles. The quantitative estimate of drug-likeness (QED) is 0.377. The zero-order valence-electron chi connectivity index (χ0n) is 18.5. The maximum atomic E-state index is 15.8. The summed E-state index contributed by atoms with van der Waals surface area (Å²) in [6.07, 6.45) is 8.70. The van der Waals surface area contributed by atoms with Crippen LogP contribution in [0.3, 0.4) is 0 Å². The topological polar surface area (TPSA) is 39.9 Å². The molecule has 0 N–H and O–H groups in total. The van der Waals surface area contributed by atoms with Crippen molar-refractivity contribution in [2.24, 2.45) is 17.3 Å². The van der Waals surface area contributed by atoms with E-state index in [0.717, 1.165) is 23.8 Å². The lowest BCUT2D eigenvalue weighted by molar-refractivity contribution is 0.197. The second-order valence-electron chi connectivity index (χ2n) is 8.28. The Labute approximate surface area is 177 Å². The van der Waals surface area contributed by atoms with Gasteiger partial charge in [-0.1, -0.05) is 46.3 Å². The number of hydrogen-bond acceptors (Lipinski definition) is 3. The zero-order valence-corrected chi connectivity index (χ0v) is 19.6. The van der Waals surface area contributed by atoms with E-state index < -0.39 is 5.83 Å². The van der Waals surface area contributed by atoms with Crippen LogP contribution in [0.25, 0.3) is 5.57 Å². The number of aromatic nitrogens is 1. The maximum Gasteiger partial charge on any atom is 0.146 e. The molecule has 29 heavy (non-hydrogen) atoms. The van der Waals surface area contributed by atoms with Crippen molar-refractivity contribution in [3.05, 3.63) is 52.9 Å². The van der Waals surface area contributed by atoms with Gasteiger partial charge in [0.05, 0.1) is 11.3 Å². The third-order valence-electron chi connectivity index (χ3n) is 6.33. The molecule has 0 saturated heterocycles. The molecule has 2 rings (SSSR count). The number of nitrogens with zero attached hydrogens (tertiary/aromatic N) is 3. The molecular weight excluding hydrogens is 380 g/mol. The number of pyridine rings is 1. The van der Waals surface area contributed by atoms with Gasteiger partial charge in [-0.15, -0.1) is 9.24 Å². The molecule has 0 radical (unpaired) electrons. The molecule has 3 nitrogen and oxygen atoms in total. The first kappa shape index (κ1) is 23.3. The molecule has 0 aromatic carbocycles. The fourth-order valence-corrected chi connectivity index (χ4v) is 4.50. The van der Waals surface area contributed by atoms with Crippen molar-refractivity contribution < 1.29 is 4.39 Å². The summed E-state index contributed by atoms with van der Waals surface area (Å²) in [5.41, 5.74) is 2.01. The van der Waals surface area contributed by atoms with Crippen LogP contribution in [0, 0.1) is 28.6 Å². The predicted octanol–water partition coefficient (Wildman–Crippen LogP) is 6.52. The molecule has 0 saturated carbocycles. The van der Waals surface area contributed by atoms with E-state index in [-0.39, 0.29) is 16.9 Å². The minimum Gasteiger partial charge on any atom is -0.378 e. The average Bonchev–Trinajstić information content (AvgIpc) is 2.71. The van der Waals surface area contributed by atoms with Crippen LogP contribution in [0.2, 0.25) is 0 Å². The van der Waals surface area contributed by atoms with Crippen LogP contribution in [0.1, 0.15) is 52.7 Å². The minimum atomic E-state index is -0.434. The van der Waals surface area contributed by atoms with Crippen molar-refractivity contribution in [2.75, 3.05) is 19.0 Å². The largest absolute Gasteiger partial charge is 0.378 e. The van der Waals surface area contributed by atoms with Crippen LogP contribution in [0.5, 0.6) is 0 Å². The Morgan fingerprint density at radius 1 is 1.45 bits per heavy atom. The molecule has 5 heteroatoms. The highest BCUT2D eigenvalue weighted by atomic mass is 31.0. The molecule has 156 valence electrons. The Hall–Kier alpha value is -1.98. The molecule has 1 aliphatic carbocycles. The highest BCUT2D eigenvalue weighted by Gasteiger charge is 2.43. The summed E-state index contributed by atoms with van der Waals surface area (Å²) < 4.78 is 15.8. The molecule has 1 aromatic rings. The van der Waals surface area contributed by atoms with E-state index in [1.807, 2.05) is 31.1 Å². The van der Waals surface area contributed by atoms with Crippen molar-refractivity contribution in [3.63, 3.8) is 0 Å². The van der Waals surface area contributed by atoms with E-state index in [2.05, 4.69) is 60.1 Å². The second kappa shape index (κ2) is 9.68. The Morgan fingerprint density at radius 3 is 2.69 bits per heavy atom. The third kappa shape index (κ3) is 4.62. The maximum absolute atomic E-state index is 15.8. The fraction of sp³-hybridized carbons (Fsp3) is 0.500. The van der Waals surface area contributed by atoms with Crippen molar-refractivity contribution in [1.29, 1.82) is 5.26 Å². The number of anilines is 1. The molecular formula is C24H33FN3P. The van der Waals surface area contributed by atoms with E-state index in [4.69, 9.17) is 0 Å². The summed E-state index contributed by atoms with van der Waals surface area (Å²) in [6.45, 7) is 8.73. The van der Waals surface area contributed by atoms with Crippen molar-refractivity contribution in [2.45, 2.75) is 47.0 Å². The zero-order chi connectivity index (χ0) is 21.8. The normalized spacial score (nSPS) is 20.6. The summed E-state index contributed by atoms with van der Waals surface area (Å²) in [5.74, 6) is -0.192. The van der Waals surface area contributed by atoms with Gasteiger partial charge in [0, 0.05) is 37.5 Å². The summed E-state index contributed by atoms with van der Waals surface area (Å²) in [6, 6.07) is 5.90. The van der Waals surface area contributed by atoms with E-state index in [1.54, 1.807) is 6.20 Å².